The molecule has 1 saturated heterocycles. The molecule has 0 aromatic carbocycles. The number of piperidine rings is 1. The van der Waals surface area contributed by atoms with Crippen molar-refractivity contribution in [2.45, 2.75) is 50.7 Å². The number of halogens is 1. The van der Waals surface area contributed by atoms with Crippen LogP contribution in [0.3, 0.4) is 0 Å². The smallest absolute Gasteiger partial charge is 0.272 e. The van der Waals surface area contributed by atoms with Crippen LogP contribution in [0.15, 0.2) is 6.20 Å². The molecule has 21 heavy (non-hydrogen) atoms. The molecule has 1 aliphatic carbocycles. The third kappa shape index (κ3) is 3.24. The van der Waals surface area contributed by atoms with Crippen molar-refractivity contribution in [3.05, 3.63) is 17.2 Å². The number of imidazole rings is 1. The Hall–Kier alpha value is -1.07. The molecule has 2 heterocycles. The highest BCUT2D eigenvalue weighted by Crippen LogP contribution is 2.26. The van der Waals surface area contributed by atoms with E-state index in [4.69, 9.17) is 16.3 Å². The summed E-state index contributed by atoms with van der Waals surface area (Å²) in [6, 6.07) is 0. The Bertz CT molecular complexity index is 503. The van der Waals surface area contributed by atoms with Crippen LogP contribution in [0.1, 0.15) is 49.0 Å². The van der Waals surface area contributed by atoms with Crippen LogP contribution in [0.4, 0.5) is 0 Å². The standard InChI is InChI=1S/C15H22ClN3O2/c1-18-13(10-17-15(18)16)14(20)19-8-6-12(7-9-19)21-11-4-2-3-5-11/h10-12H,2-9H2,1H3. The third-order valence-corrected chi connectivity index (χ3v) is 4.92. The maximum absolute atomic E-state index is 12.5. The predicted octanol–water partition coefficient (Wildman–Crippen LogP) is 2.64. The number of nitrogens with zero attached hydrogens (tertiary/aromatic N) is 3. The van der Waals surface area contributed by atoms with Crippen molar-refractivity contribution in [2.24, 2.45) is 7.05 Å². The van der Waals surface area contributed by atoms with Gasteiger partial charge in [-0.3, -0.25) is 4.79 Å². The van der Waals surface area contributed by atoms with Gasteiger partial charge in [-0.1, -0.05) is 12.8 Å². The summed E-state index contributed by atoms with van der Waals surface area (Å²) in [4.78, 5) is 18.3. The van der Waals surface area contributed by atoms with E-state index < -0.39 is 0 Å². The van der Waals surface area contributed by atoms with Gasteiger partial charge < -0.3 is 14.2 Å². The van der Waals surface area contributed by atoms with Crippen molar-refractivity contribution in [3.8, 4) is 0 Å². The predicted molar refractivity (Wildman–Crippen MR) is 80.5 cm³/mol. The van der Waals surface area contributed by atoms with Gasteiger partial charge in [-0.2, -0.15) is 0 Å². The zero-order chi connectivity index (χ0) is 14.8. The average Bonchev–Trinajstić information content (AvgIpc) is 3.11. The van der Waals surface area contributed by atoms with Gasteiger partial charge in [0.1, 0.15) is 5.69 Å². The van der Waals surface area contributed by atoms with Crippen molar-refractivity contribution in [2.75, 3.05) is 13.1 Å². The van der Waals surface area contributed by atoms with Crippen molar-refractivity contribution in [1.82, 2.24) is 14.5 Å². The van der Waals surface area contributed by atoms with E-state index in [0.717, 1.165) is 25.9 Å². The van der Waals surface area contributed by atoms with Crippen LogP contribution in [0, 0.1) is 0 Å². The lowest BCUT2D eigenvalue weighted by molar-refractivity contribution is -0.0358. The first-order valence-corrected chi connectivity index (χ1v) is 8.15. The Morgan fingerprint density at radius 3 is 2.43 bits per heavy atom. The number of aromatic nitrogens is 2. The molecule has 1 aromatic heterocycles. The van der Waals surface area contributed by atoms with Crippen LogP contribution in [0.5, 0.6) is 0 Å². The number of rotatable bonds is 3. The van der Waals surface area contributed by atoms with E-state index in [9.17, 15) is 4.79 Å². The second-order valence-electron chi connectivity index (χ2n) is 6.01. The fraction of sp³-hybridized carbons (Fsp3) is 0.733. The van der Waals surface area contributed by atoms with Crippen LogP contribution in [0.25, 0.3) is 0 Å². The minimum atomic E-state index is 0.0104. The normalized spacial score (nSPS) is 21.1. The lowest BCUT2D eigenvalue weighted by atomic mass is 10.1. The van der Waals surface area contributed by atoms with E-state index in [2.05, 4.69) is 4.98 Å². The highest BCUT2D eigenvalue weighted by molar-refractivity contribution is 6.28. The van der Waals surface area contributed by atoms with Gasteiger partial charge in [0.15, 0.2) is 0 Å². The molecule has 0 atom stereocenters. The lowest BCUT2D eigenvalue weighted by Crippen LogP contribution is -2.42. The molecule has 0 radical (unpaired) electrons. The Balaban J connectivity index is 1.53. The van der Waals surface area contributed by atoms with Gasteiger partial charge in [0.05, 0.1) is 18.4 Å². The lowest BCUT2D eigenvalue weighted by Gasteiger charge is -2.33. The number of carbonyl (C=O) groups is 1. The highest BCUT2D eigenvalue weighted by Gasteiger charge is 2.28. The molecule has 1 aliphatic heterocycles. The molecule has 0 bridgehead atoms. The van der Waals surface area contributed by atoms with Crippen LogP contribution in [-0.2, 0) is 11.8 Å². The van der Waals surface area contributed by atoms with Crippen molar-refractivity contribution in [1.29, 1.82) is 0 Å². The molecule has 2 aliphatic rings. The number of hydrogen-bond acceptors (Lipinski definition) is 3. The molecular formula is C15H22ClN3O2. The van der Waals surface area contributed by atoms with Crippen LogP contribution in [0.2, 0.25) is 5.28 Å². The summed E-state index contributed by atoms with van der Waals surface area (Å²) in [6.07, 6.45) is 9.15. The second kappa shape index (κ2) is 6.36. The molecular weight excluding hydrogens is 290 g/mol. The SMILES string of the molecule is Cn1c(C(=O)N2CCC(OC3CCCC3)CC2)cnc1Cl. The summed E-state index contributed by atoms with van der Waals surface area (Å²) < 4.78 is 7.77. The first-order chi connectivity index (χ1) is 10.1. The van der Waals surface area contributed by atoms with Crippen LogP contribution in [-0.4, -0.2) is 45.7 Å². The van der Waals surface area contributed by atoms with E-state index in [0.29, 0.717) is 23.2 Å². The summed E-state index contributed by atoms with van der Waals surface area (Å²) >= 11 is 5.89. The summed E-state index contributed by atoms with van der Waals surface area (Å²) in [5.74, 6) is 0.0104. The summed E-state index contributed by atoms with van der Waals surface area (Å²) in [7, 11) is 1.76. The average molecular weight is 312 g/mol. The molecule has 116 valence electrons. The summed E-state index contributed by atoms with van der Waals surface area (Å²) in [5.41, 5.74) is 0.551. The number of likely N-dealkylation sites (tertiary alicyclic amines) is 1. The van der Waals surface area contributed by atoms with E-state index in [-0.39, 0.29) is 5.91 Å². The number of hydrogen-bond donors (Lipinski definition) is 0. The number of amides is 1. The quantitative estimate of drug-likeness (QED) is 0.862. The molecule has 1 amide bonds. The van der Waals surface area contributed by atoms with Gasteiger partial charge in [-0.15, -0.1) is 0 Å². The Morgan fingerprint density at radius 1 is 1.24 bits per heavy atom. The van der Waals surface area contributed by atoms with Crippen molar-refractivity contribution >= 4 is 17.5 Å². The summed E-state index contributed by atoms with van der Waals surface area (Å²) in [5, 5.41) is 0.345. The molecule has 1 saturated carbocycles. The maximum atomic E-state index is 12.5. The van der Waals surface area contributed by atoms with E-state index in [1.165, 1.54) is 25.7 Å². The van der Waals surface area contributed by atoms with Gasteiger partial charge in [0.25, 0.3) is 5.91 Å². The van der Waals surface area contributed by atoms with Crippen molar-refractivity contribution < 1.29 is 9.53 Å². The molecule has 0 spiro atoms. The topological polar surface area (TPSA) is 47.4 Å². The van der Waals surface area contributed by atoms with Crippen LogP contribution < -0.4 is 0 Å². The Labute approximate surface area is 130 Å². The third-order valence-electron chi connectivity index (χ3n) is 4.57. The fourth-order valence-corrected chi connectivity index (χ4v) is 3.38. The molecule has 0 N–H and O–H groups in total. The maximum Gasteiger partial charge on any atom is 0.272 e. The zero-order valence-electron chi connectivity index (χ0n) is 12.4. The molecule has 2 fully saturated rings. The van der Waals surface area contributed by atoms with Crippen LogP contribution >= 0.6 is 11.6 Å². The highest BCUT2D eigenvalue weighted by atomic mass is 35.5. The van der Waals surface area contributed by atoms with Gasteiger partial charge in [0.2, 0.25) is 5.28 Å². The largest absolute Gasteiger partial charge is 0.375 e. The van der Waals surface area contributed by atoms with E-state index in [1.54, 1.807) is 17.8 Å². The Morgan fingerprint density at radius 2 is 1.86 bits per heavy atom. The first-order valence-electron chi connectivity index (χ1n) is 7.77. The van der Waals surface area contributed by atoms with E-state index in [1.807, 2.05) is 4.90 Å². The first kappa shape index (κ1) is 14.9. The zero-order valence-corrected chi connectivity index (χ0v) is 13.2. The molecule has 5 nitrogen and oxygen atoms in total. The molecule has 3 rings (SSSR count). The summed E-state index contributed by atoms with van der Waals surface area (Å²) in [6.45, 7) is 1.50. The van der Waals surface area contributed by atoms with Gasteiger partial charge in [0, 0.05) is 20.1 Å². The van der Waals surface area contributed by atoms with Gasteiger partial charge in [-0.05, 0) is 37.3 Å². The number of ether oxygens (including phenoxy) is 1. The second-order valence-corrected chi connectivity index (χ2v) is 6.34. The number of carbonyl (C=O) groups excluding carboxylic acids is 1. The van der Waals surface area contributed by atoms with Gasteiger partial charge in [-0.25, -0.2) is 4.98 Å². The van der Waals surface area contributed by atoms with Gasteiger partial charge >= 0.3 is 0 Å². The van der Waals surface area contributed by atoms with E-state index >= 15 is 0 Å². The minimum absolute atomic E-state index is 0.0104. The Kier molecular flexibility index (Phi) is 4.50. The monoisotopic (exact) mass is 311 g/mol. The van der Waals surface area contributed by atoms with Crippen molar-refractivity contribution in [3.63, 3.8) is 0 Å². The molecule has 0 unspecified atom stereocenters. The fourth-order valence-electron chi connectivity index (χ4n) is 3.24. The molecule has 1 aromatic rings. The minimum Gasteiger partial charge on any atom is -0.375 e. The molecule has 6 heteroatoms.